The molecule has 4 amide bonds. The van der Waals surface area contributed by atoms with Crippen molar-refractivity contribution in [2.24, 2.45) is 5.41 Å². The second-order valence-corrected chi connectivity index (χ2v) is 12.9. The first-order valence-corrected chi connectivity index (χ1v) is 16.2. The van der Waals surface area contributed by atoms with Gasteiger partial charge < -0.3 is 26.0 Å². The van der Waals surface area contributed by atoms with Crippen LogP contribution in [0.3, 0.4) is 0 Å². The van der Waals surface area contributed by atoms with Crippen molar-refractivity contribution in [3.63, 3.8) is 0 Å². The van der Waals surface area contributed by atoms with E-state index in [4.69, 9.17) is 23.2 Å². The number of aliphatic carboxylic acids is 1. The highest BCUT2D eigenvalue weighted by Gasteiger charge is 2.39. The Kier molecular flexibility index (Phi) is 12.2. The van der Waals surface area contributed by atoms with E-state index in [0.717, 1.165) is 18.4 Å². The van der Waals surface area contributed by atoms with E-state index < -0.39 is 42.2 Å². The number of nitrogens with one attached hydrogen (secondary N) is 3. The first-order valence-electron chi connectivity index (χ1n) is 15.4. The predicted octanol–water partition coefficient (Wildman–Crippen LogP) is 4.37. The molecule has 1 aliphatic heterocycles. The van der Waals surface area contributed by atoms with Gasteiger partial charge in [-0.25, -0.2) is 0 Å². The van der Waals surface area contributed by atoms with Gasteiger partial charge in [0.15, 0.2) is 0 Å². The number of likely N-dealkylation sites (tertiary alicyclic amines) is 1. The van der Waals surface area contributed by atoms with Crippen LogP contribution in [0.4, 0.5) is 0 Å². The fourth-order valence-electron chi connectivity index (χ4n) is 6.25. The summed E-state index contributed by atoms with van der Waals surface area (Å²) >= 11 is 12.2. The second kappa shape index (κ2) is 16.1. The van der Waals surface area contributed by atoms with E-state index in [1.807, 2.05) is 30.3 Å². The summed E-state index contributed by atoms with van der Waals surface area (Å²) in [6.07, 6.45) is 6.21. The molecule has 45 heavy (non-hydrogen) atoms. The average molecular weight is 660 g/mol. The monoisotopic (exact) mass is 658 g/mol. The highest BCUT2D eigenvalue weighted by Crippen LogP contribution is 2.46. The number of carboxylic acids is 1. The molecule has 2 aromatic rings. The maximum Gasteiger partial charge on any atom is 0.305 e. The number of carbonyl (C=O) groups excluding carboxylic acids is 4. The van der Waals surface area contributed by atoms with Crippen molar-refractivity contribution in [1.29, 1.82) is 0 Å². The van der Waals surface area contributed by atoms with Crippen molar-refractivity contribution in [3.8, 4) is 0 Å². The molecule has 1 heterocycles. The number of carbonyl (C=O) groups is 5. The number of carboxylic acid groups (broad SMARTS) is 1. The van der Waals surface area contributed by atoms with Gasteiger partial charge in [0, 0.05) is 41.7 Å². The predicted molar refractivity (Wildman–Crippen MR) is 171 cm³/mol. The summed E-state index contributed by atoms with van der Waals surface area (Å²) < 4.78 is 0. The lowest BCUT2D eigenvalue weighted by atomic mass is 9.77. The second-order valence-electron chi connectivity index (χ2n) is 12.0. The van der Waals surface area contributed by atoms with E-state index in [1.165, 1.54) is 43.9 Å². The Morgan fingerprint density at radius 3 is 2.13 bits per heavy atom. The molecular weight excluding hydrogens is 619 g/mol. The lowest BCUT2D eigenvalue weighted by molar-refractivity contribution is -0.140. The average Bonchev–Trinajstić information content (AvgIpc) is 3.46. The Bertz CT molecular complexity index is 1350. The molecule has 0 bridgehead atoms. The number of hydrogen-bond acceptors (Lipinski definition) is 5. The molecule has 4 rings (SSSR count). The van der Waals surface area contributed by atoms with Crippen molar-refractivity contribution >= 4 is 52.8 Å². The molecule has 242 valence electrons. The summed E-state index contributed by atoms with van der Waals surface area (Å²) in [6, 6.07) is 11.5. The van der Waals surface area contributed by atoms with Crippen LogP contribution in [-0.2, 0) is 25.6 Å². The van der Waals surface area contributed by atoms with Crippen LogP contribution in [0.5, 0.6) is 0 Å². The molecule has 0 unspecified atom stereocenters. The number of hydrogen-bond donors (Lipinski definition) is 4. The molecule has 4 N–H and O–H groups in total. The Labute approximate surface area is 273 Å². The van der Waals surface area contributed by atoms with Crippen molar-refractivity contribution in [2.75, 3.05) is 19.6 Å². The third-order valence-corrected chi connectivity index (χ3v) is 9.21. The third-order valence-electron chi connectivity index (χ3n) is 8.77. The largest absolute Gasteiger partial charge is 0.481 e. The number of piperidine rings is 1. The number of halogens is 2. The van der Waals surface area contributed by atoms with Gasteiger partial charge in [0.25, 0.3) is 5.91 Å². The fourth-order valence-corrected chi connectivity index (χ4v) is 6.78. The normalized spacial score (nSPS) is 16.9. The number of benzene rings is 2. The molecule has 10 nitrogen and oxygen atoms in total. The summed E-state index contributed by atoms with van der Waals surface area (Å²) in [4.78, 5) is 65.9. The van der Waals surface area contributed by atoms with E-state index in [1.54, 1.807) is 4.90 Å². The molecule has 1 saturated carbocycles. The van der Waals surface area contributed by atoms with E-state index in [0.29, 0.717) is 19.5 Å². The summed E-state index contributed by atoms with van der Waals surface area (Å²) in [5, 5.41) is 17.8. The minimum absolute atomic E-state index is 0.0538. The molecule has 2 atom stereocenters. The third kappa shape index (κ3) is 10.2. The lowest BCUT2D eigenvalue weighted by Gasteiger charge is -2.40. The van der Waals surface area contributed by atoms with Gasteiger partial charge in [-0.1, -0.05) is 66.4 Å². The Hall–Kier alpha value is -3.63. The molecule has 0 aromatic heterocycles. The molecule has 1 saturated heterocycles. The SMILES string of the molecule is O=C(O)C[C@H](NC(=O)CC[C@@H](NC(=O)c1cc(Cl)cc(Cl)c1)C(=O)N1CCC2(CCCC2)CC1)C(=O)NCCc1ccccc1. The highest BCUT2D eigenvalue weighted by atomic mass is 35.5. The highest BCUT2D eigenvalue weighted by molar-refractivity contribution is 6.35. The van der Waals surface area contributed by atoms with E-state index in [-0.39, 0.29) is 46.3 Å². The molecular formula is C33H40Cl2N4O6. The quantitative estimate of drug-likeness (QED) is 0.251. The van der Waals surface area contributed by atoms with Crippen LogP contribution in [0.2, 0.25) is 10.0 Å². The smallest absolute Gasteiger partial charge is 0.305 e. The first-order chi connectivity index (χ1) is 21.5. The van der Waals surface area contributed by atoms with Gasteiger partial charge in [0.1, 0.15) is 12.1 Å². The van der Waals surface area contributed by atoms with Crippen molar-refractivity contribution < 1.29 is 29.1 Å². The van der Waals surface area contributed by atoms with Crippen LogP contribution in [-0.4, -0.2) is 71.3 Å². The Balaban J connectivity index is 1.39. The van der Waals surface area contributed by atoms with Crippen molar-refractivity contribution in [3.05, 3.63) is 69.7 Å². The van der Waals surface area contributed by atoms with Crippen LogP contribution in [0.1, 0.15) is 73.7 Å². The lowest BCUT2D eigenvalue weighted by Crippen LogP contribution is -2.52. The summed E-state index contributed by atoms with van der Waals surface area (Å²) in [6.45, 7) is 1.41. The fraction of sp³-hybridized carbons (Fsp3) is 0.485. The summed E-state index contributed by atoms with van der Waals surface area (Å²) in [5.74, 6) is -3.33. The van der Waals surface area contributed by atoms with Gasteiger partial charge in [0.2, 0.25) is 17.7 Å². The van der Waals surface area contributed by atoms with Crippen molar-refractivity contribution in [1.82, 2.24) is 20.9 Å². The van der Waals surface area contributed by atoms with Crippen LogP contribution >= 0.6 is 23.2 Å². The van der Waals surface area contributed by atoms with Gasteiger partial charge in [-0.05, 0) is 67.7 Å². The Morgan fingerprint density at radius 1 is 0.867 bits per heavy atom. The molecule has 1 spiro atoms. The van der Waals surface area contributed by atoms with Crippen LogP contribution in [0.25, 0.3) is 0 Å². The summed E-state index contributed by atoms with van der Waals surface area (Å²) in [7, 11) is 0. The topological polar surface area (TPSA) is 145 Å². The zero-order chi connectivity index (χ0) is 32.4. The maximum atomic E-state index is 13.7. The van der Waals surface area contributed by atoms with Crippen molar-refractivity contribution in [2.45, 2.75) is 76.3 Å². The maximum absolute atomic E-state index is 13.7. The van der Waals surface area contributed by atoms with Gasteiger partial charge in [-0.3, -0.25) is 24.0 Å². The zero-order valence-electron chi connectivity index (χ0n) is 25.2. The van der Waals surface area contributed by atoms with E-state index in [9.17, 15) is 29.1 Å². The standard InChI is InChI=1S/C33H40Cl2N4O6/c34-24-18-23(19-25(35)20-24)30(43)38-26(32(45)39-16-13-33(14-17-39)11-4-5-12-33)8-9-28(40)37-27(21-29(41)42)31(44)36-15-10-22-6-2-1-3-7-22/h1-3,6-7,18-20,26-27H,4-5,8-17,21H2,(H,36,44)(H,37,40)(H,38,43)(H,41,42)/t26-,27+/m1/s1. The summed E-state index contributed by atoms with van der Waals surface area (Å²) in [5.41, 5.74) is 1.46. The first kappa shape index (κ1) is 34.2. The van der Waals surface area contributed by atoms with Crippen LogP contribution < -0.4 is 16.0 Å². The zero-order valence-corrected chi connectivity index (χ0v) is 26.7. The minimum atomic E-state index is -1.30. The van der Waals surface area contributed by atoms with Gasteiger partial charge in [0.05, 0.1) is 6.42 Å². The molecule has 1 aliphatic carbocycles. The molecule has 2 fully saturated rings. The van der Waals surface area contributed by atoms with E-state index >= 15 is 0 Å². The van der Waals surface area contributed by atoms with Gasteiger partial charge in [-0.15, -0.1) is 0 Å². The minimum Gasteiger partial charge on any atom is -0.481 e. The Morgan fingerprint density at radius 2 is 1.51 bits per heavy atom. The number of amides is 4. The van der Waals surface area contributed by atoms with Gasteiger partial charge >= 0.3 is 5.97 Å². The number of nitrogens with zero attached hydrogens (tertiary/aromatic N) is 1. The van der Waals surface area contributed by atoms with Gasteiger partial charge in [-0.2, -0.15) is 0 Å². The van der Waals surface area contributed by atoms with Crippen LogP contribution in [0.15, 0.2) is 48.5 Å². The molecule has 12 heteroatoms. The van der Waals surface area contributed by atoms with Crippen LogP contribution in [0, 0.1) is 5.41 Å². The van der Waals surface area contributed by atoms with E-state index in [2.05, 4.69) is 16.0 Å². The molecule has 0 radical (unpaired) electrons. The number of rotatable bonds is 13. The molecule has 2 aliphatic rings. The molecule has 2 aromatic carbocycles.